The van der Waals surface area contributed by atoms with Gasteiger partial charge in [-0.25, -0.2) is 4.98 Å². The summed E-state index contributed by atoms with van der Waals surface area (Å²) in [5.74, 6) is -0.148. The number of nitrogens with zero attached hydrogens (tertiary/aromatic N) is 4. The Morgan fingerprint density at radius 1 is 1.22 bits per heavy atom. The smallest absolute Gasteiger partial charge is 0.274 e. The van der Waals surface area contributed by atoms with Crippen molar-refractivity contribution in [3.8, 4) is 0 Å². The van der Waals surface area contributed by atoms with Crippen LogP contribution in [0.1, 0.15) is 40.6 Å². The van der Waals surface area contributed by atoms with Gasteiger partial charge in [0.25, 0.3) is 5.91 Å². The van der Waals surface area contributed by atoms with Gasteiger partial charge in [-0.3, -0.25) is 14.6 Å². The van der Waals surface area contributed by atoms with E-state index in [4.69, 9.17) is 4.74 Å². The minimum atomic E-state index is -0.717. The van der Waals surface area contributed by atoms with E-state index in [0.717, 1.165) is 11.3 Å². The van der Waals surface area contributed by atoms with Gasteiger partial charge in [-0.2, -0.15) is 0 Å². The van der Waals surface area contributed by atoms with Crippen LogP contribution in [0.15, 0.2) is 42.7 Å². The highest BCUT2D eigenvalue weighted by Gasteiger charge is 2.65. The van der Waals surface area contributed by atoms with Crippen LogP contribution in [0.5, 0.6) is 0 Å². The zero-order valence-electron chi connectivity index (χ0n) is 15.0. The molecule has 0 bridgehead atoms. The first-order valence-corrected chi connectivity index (χ1v) is 9.21. The average molecular weight is 364 g/mol. The second-order valence-corrected chi connectivity index (χ2v) is 7.36. The lowest BCUT2D eigenvalue weighted by atomic mass is 10.0. The lowest BCUT2D eigenvalue weighted by Gasteiger charge is -2.33. The standard InChI is InChI=1S/C20H20N4O3/c1-13-10-22-15(11-21-13)19(26)23-8-7-20-17(23)9-18(25)24(20)16(12-27-20)14-5-3-2-4-6-14/h2-6,10-11,16-17H,7-9,12H2,1H3/t16-,17+,20-/m0/s1. The van der Waals surface area contributed by atoms with Crippen LogP contribution in [0, 0.1) is 6.92 Å². The number of aryl methyl sites for hydroxylation is 1. The van der Waals surface area contributed by atoms with E-state index in [-0.39, 0.29) is 30.3 Å². The zero-order chi connectivity index (χ0) is 18.6. The molecule has 3 aliphatic rings. The van der Waals surface area contributed by atoms with E-state index in [2.05, 4.69) is 9.97 Å². The van der Waals surface area contributed by atoms with E-state index in [1.807, 2.05) is 42.2 Å². The van der Waals surface area contributed by atoms with Crippen molar-refractivity contribution in [2.24, 2.45) is 0 Å². The van der Waals surface area contributed by atoms with Crippen molar-refractivity contribution in [3.05, 3.63) is 59.7 Å². The summed E-state index contributed by atoms with van der Waals surface area (Å²) < 4.78 is 6.24. The molecule has 3 fully saturated rings. The first-order chi connectivity index (χ1) is 13.1. The monoisotopic (exact) mass is 364 g/mol. The number of ether oxygens (including phenoxy) is 1. The fraction of sp³-hybridized carbons (Fsp3) is 0.400. The number of carbonyl (C=O) groups is 2. The molecule has 138 valence electrons. The number of benzene rings is 1. The number of likely N-dealkylation sites (tertiary alicyclic amines) is 1. The quantitative estimate of drug-likeness (QED) is 0.811. The van der Waals surface area contributed by atoms with Gasteiger partial charge in [0, 0.05) is 19.2 Å². The third-order valence-corrected chi connectivity index (χ3v) is 5.90. The topological polar surface area (TPSA) is 75.6 Å². The molecule has 3 aliphatic heterocycles. The molecule has 1 spiro atoms. The molecule has 0 radical (unpaired) electrons. The Kier molecular flexibility index (Phi) is 3.55. The number of carbonyl (C=O) groups excluding carboxylic acids is 2. The van der Waals surface area contributed by atoms with Crippen LogP contribution in [0.4, 0.5) is 0 Å². The molecule has 0 aliphatic carbocycles. The summed E-state index contributed by atoms with van der Waals surface area (Å²) in [6.07, 6.45) is 3.99. The van der Waals surface area contributed by atoms with E-state index in [9.17, 15) is 9.59 Å². The maximum absolute atomic E-state index is 13.0. The maximum Gasteiger partial charge on any atom is 0.274 e. The molecule has 2 aromatic rings. The lowest BCUT2D eigenvalue weighted by Crippen LogP contribution is -2.49. The molecule has 5 rings (SSSR count). The second kappa shape index (κ2) is 5.85. The summed E-state index contributed by atoms with van der Waals surface area (Å²) in [4.78, 5) is 37.9. The van der Waals surface area contributed by atoms with Gasteiger partial charge < -0.3 is 14.5 Å². The molecule has 0 N–H and O–H groups in total. The van der Waals surface area contributed by atoms with Crippen LogP contribution in [-0.4, -0.2) is 56.5 Å². The van der Waals surface area contributed by atoms with Crippen molar-refractivity contribution in [2.75, 3.05) is 13.2 Å². The van der Waals surface area contributed by atoms with E-state index < -0.39 is 5.72 Å². The van der Waals surface area contributed by atoms with Crippen molar-refractivity contribution in [2.45, 2.75) is 37.6 Å². The number of aromatic nitrogens is 2. The first-order valence-electron chi connectivity index (χ1n) is 9.21. The van der Waals surface area contributed by atoms with Crippen LogP contribution in [-0.2, 0) is 9.53 Å². The van der Waals surface area contributed by atoms with Gasteiger partial charge in [-0.1, -0.05) is 30.3 Å². The van der Waals surface area contributed by atoms with Crippen LogP contribution in [0.25, 0.3) is 0 Å². The third kappa shape index (κ3) is 2.31. The van der Waals surface area contributed by atoms with E-state index in [1.54, 1.807) is 11.1 Å². The van der Waals surface area contributed by atoms with Gasteiger partial charge >= 0.3 is 0 Å². The predicted octanol–water partition coefficient (Wildman–Crippen LogP) is 1.70. The summed E-state index contributed by atoms with van der Waals surface area (Å²) in [5, 5.41) is 0. The van der Waals surface area contributed by atoms with Crippen LogP contribution in [0.2, 0.25) is 0 Å². The summed E-state index contributed by atoms with van der Waals surface area (Å²) in [5.41, 5.74) is 1.42. The van der Waals surface area contributed by atoms with E-state index >= 15 is 0 Å². The van der Waals surface area contributed by atoms with E-state index in [1.165, 1.54) is 6.20 Å². The molecule has 7 heteroatoms. The fourth-order valence-electron chi connectivity index (χ4n) is 4.66. The highest BCUT2D eigenvalue weighted by molar-refractivity contribution is 5.94. The molecule has 0 saturated carbocycles. The predicted molar refractivity (Wildman–Crippen MR) is 95.5 cm³/mol. The number of hydrogen-bond acceptors (Lipinski definition) is 5. The zero-order valence-corrected chi connectivity index (χ0v) is 15.0. The van der Waals surface area contributed by atoms with Crippen LogP contribution in [0.3, 0.4) is 0 Å². The summed E-state index contributed by atoms with van der Waals surface area (Å²) in [6, 6.07) is 9.56. The Morgan fingerprint density at radius 2 is 2.04 bits per heavy atom. The van der Waals surface area contributed by atoms with Crippen molar-refractivity contribution in [1.82, 2.24) is 19.8 Å². The van der Waals surface area contributed by atoms with Crippen LogP contribution >= 0.6 is 0 Å². The van der Waals surface area contributed by atoms with Crippen molar-refractivity contribution in [3.63, 3.8) is 0 Å². The molecular formula is C20H20N4O3. The first kappa shape index (κ1) is 16.4. The van der Waals surface area contributed by atoms with Gasteiger partial charge in [-0.05, 0) is 12.5 Å². The number of rotatable bonds is 2. The Labute approximate surface area is 157 Å². The Balaban J connectivity index is 1.45. The Morgan fingerprint density at radius 3 is 2.78 bits per heavy atom. The minimum Gasteiger partial charge on any atom is -0.351 e. The van der Waals surface area contributed by atoms with Gasteiger partial charge in [0.05, 0.1) is 37.0 Å². The minimum absolute atomic E-state index is 0.0406. The molecular weight excluding hydrogens is 344 g/mol. The lowest BCUT2D eigenvalue weighted by molar-refractivity contribution is -0.138. The van der Waals surface area contributed by atoms with Crippen molar-refractivity contribution in [1.29, 1.82) is 0 Å². The average Bonchev–Trinajstić information content (AvgIpc) is 3.32. The van der Waals surface area contributed by atoms with Crippen molar-refractivity contribution >= 4 is 11.8 Å². The van der Waals surface area contributed by atoms with Gasteiger partial charge in [0.15, 0.2) is 5.72 Å². The number of amides is 2. The molecule has 3 atom stereocenters. The maximum atomic E-state index is 13.0. The third-order valence-electron chi connectivity index (χ3n) is 5.90. The fourth-order valence-corrected chi connectivity index (χ4v) is 4.66. The Bertz CT molecular complexity index is 901. The molecule has 1 aromatic carbocycles. The second-order valence-electron chi connectivity index (χ2n) is 7.36. The summed E-state index contributed by atoms with van der Waals surface area (Å²) >= 11 is 0. The molecule has 27 heavy (non-hydrogen) atoms. The molecule has 7 nitrogen and oxygen atoms in total. The highest BCUT2D eigenvalue weighted by atomic mass is 16.5. The van der Waals surface area contributed by atoms with Crippen LogP contribution < -0.4 is 0 Å². The molecule has 4 heterocycles. The summed E-state index contributed by atoms with van der Waals surface area (Å²) in [7, 11) is 0. The highest BCUT2D eigenvalue weighted by Crippen LogP contribution is 2.51. The SMILES string of the molecule is Cc1cnc(C(=O)N2CC[C@@]34OC[C@@H](c5ccccc5)N3C(=O)C[C@@H]24)cn1. The Hall–Kier alpha value is -2.80. The molecule has 0 unspecified atom stereocenters. The van der Waals surface area contributed by atoms with Gasteiger partial charge in [0.1, 0.15) is 5.69 Å². The molecule has 3 saturated heterocycles. The van der Waals surface area contributed by atoms with E-state index in [0.29, 0.717) is 25.3 Å². The largest absolute Gasteiger partial charge is 0.351 e. The molecule has 1 aromatic heterocycles. The number of hydrogen-bond donors (Lipinski definition) is 0. The van der Waals surface area contributed by atoms with Crippen molar-refractivity contribution < 1.29 is 14.3 Å². The van der Waals surface area contributed by atoms with Gasteiger partial charge in [0.2, 0.25) is 5.91 Å². The van der Waals surface area contributed by atoms with Gasteiger partial charge in [-0.15, -0.1) is 0 Å². The normalized spacial score (nSPS) is 29.1. The summed E-state index contributed by atoms with van der Waals surface area (Å²) in [6.45, 7) is 2.83. The molecule has 2 amide bonds.